The fourth-order valence-corrected chi connectivity index (χ4v) is 3.35. The summed E-state index contributed by atoms with van der Waals surface area (Å²) < 4.78 is 7.03. The number of piperidine rings is 1. The van der Waals surface area contributed by atoms with Crippen LogP contribution in [-0.2, 0) is 20.9 Å². The smallest absolute Gasteiger partial charge is 0.227 e. The van der Waals surface area contributed by atoms with Crippen molar-refractivity contribution < 1.29 is 14.3 Å². The second-order valence-corrected chi connectivity index (χ2v) is 6.38. The molecule has 1 aromatic rings. The minimum absolute atomic E-state index is 0.0592. The maximum atomic E-state index is 12.6. The molecular weight excluding hydrogens is 310 g/mol. The Balaban J connectivity index is 1.45. The van der Waals surface area contributed by atoms with Crippen LogP contribution < -0.4 is 0 Å². The van der Waals surface area contributed by atoms with Gasteiger partial charge in [-0.3, -0.25) is 14.3 Å². The lowest BCUT2D eigenvalue weighted by molar-refractivity contribution is -0.144. The maximum Gasteiger partial charge on any atom is 0.227 e. The van der Waals surface area contributed by atoms with Crippen molar-refractivity contribution in [2.24, 2.45) is 5.92 Å². The molecule has 0 aliphatic carbocycles. The van der Waals surface area contributed by atoms with Gasteiger partial charge in [0.05, 0.1) is 19.1 Å². The lowest BCUT2D eigenvalue weighted by Gasteiger charge is -2.36. The number of amides is 2. The van der Waals surface area contributed by atoms with Crippen molar-refractivity contribution in [3.8, 4) is 0 Å². The molecule has 3 heterocycles. The number of aromatic nitrogens is 3. The number of aryl methyl sites for hydroxylation is 1. The number of nitrogens with zero attached hydrogens (tertiary/aromatic N) is 5. The summed E-state index contributed by atoms with van der Waals surface area (Å²) in [6.07, 6.45) is 6.14. The second-order valence-electron chi connectivity index (χ2n) is 6.38. The number of carbonyl (C=O) groups excluding carboxylic acids is 2. The summed E-state index contributed by atoms with van der Waals surface area (Å²) in [5, 5.41) is 4.03. The molecular formula is C16H25N5O3. The van der Waals surface area contributed by atoms with E-state index in [0.717, 1.165) is 25.8 Å². The highest BCUT2D eigenvalue weighted by molar-refractivity contribution is 5.81. The van der Waals surface area contributed by atoms with Crippen molar-refractivity contribution in [2.75, 3.05) is 39.4 Å². The summed E-state index contributed by atoms with van der Waals surface area (Å²) in [5.74, 6) is 0.254. The van der Waals surface area contributed by atoms with Crippen LogP contribution in [0.2, 0.25) is 0 Å². The molecule has 2 saturated heterocycles. The molecule has 3 rings (SSSR count). The molecule has 0 radical (unpaired) electrons. The monoisotopic (exact) mass is 335 g/mol. The molecule has 2 fully saturated rings. The minimum Gasteiger partial charge on any atom is -0.378 e. The molecule has 0 bridgehead atoms. The van der Waals surface area contributed by atoms with Gasteiger partial charge in [-0.25, -0.2) is 4.98 Å². The Labute approximate surface area is 141 Å². The van der Waals surface area contributed by atoms with E-state index in [1.807, 2.05) is 9.80 Å². The molecule has 0 spiro atoms. The first-order valence-electron chi connectivity index (χ1n) is 8.71. The predicted molar refractivity (Wildman–Crippen MR) is 86.0 cm³/mol. The van der Waals surface area contributed by atoms with Gasteiger partial charge in [-0.1, -0.05) is 0 Å². The molecule has 2 amide bonds. The quantitative estimate of drug-likeness (QED) is 0.765. The van der Waals surface area contributed by atoms with Gasteiger partial charge in [-0.15, -0.1) is 0 Å². The molecule has 0 N–H and O–H groups in total. The van der Waals surface area contributed by atoms with Crippen molar-refractivity contribution in [1.29, 1.82) is 0 Å². The van der Waals surface area contributed by atoms with E-state index in [1.54, 1.807) is 11.0 Å². The average molecular weight is 335 g/mol. The van der Waals surface area contributed by atoms with Gasteiger partial charge >= 0.3 is 0 Å². The Morgan fingerprint density at radius 1 is 1.17 bits per heavy atom. The van der Waals surface area contributed by atoms with Gasteiger partial charge in [0.1, 0.15) is 12.7 Å². The number of ether oxygens (including phenoxy) is 1. The summed E-state index contributed by atoms with van der Waals surface area (Å²) in [5.41, 5.74) is 0. The molecule has 0 aromatic carbocycles. The van der Waals surface area contributed by atoms with E-state index in [0.29, 0.717) is 45.8 Å². The number of rotatable bonds is 5. The van der Waals surface area contributed by atoms with Gasteiger partial charge in [-0.05, 0) is 19.3 Å². The number of carbonyl (C=O) groups is 2. The Morgan fingerprint density at radius 3 is 2.75 bits per heavy atom. The van der Waals surface area contributed by atoms with E-state index < -0.39 is 0 Å². The first-order chi connectivity index (χ1) is 11.7. The largest absolute Gasteiger partial charge is 0.378 e. The van der Waals surface area contributed by atoms with Crippen molar-refractivity contribution in [3.63, 3.8) is 0 Å². The van der Waals surface area contributed by atoms with Gasteiger partial charge in [0.25, 0.3) is 0 Å². The van der Waals surface area contributed by atoms with Crippen molar-refractivity contribution in [1.82, 2.24) is 24.6 Å². The zero-order valence-electron chi connectivity index (χ0n) is 14.0. The Kier molecular flexibility index (Phi) is 5.79. The molecule has 2 aliphatic rings. The first-order valence-corrected chi connectivity index (χ1v) is 8.71. The zero-order valence-corrected chi connectivity index (χ0v) is 14.0. The zero-order chi connectivity index (χ0) is 16.8. The molecule has 8 nitrogen and oxygen atoms in total. The standard InChI is InChI=1S/C16H25N5O3/c22-15(4-2-6-21-13-17-12-18-21)20-5-1-3-14(11-20)16(23)19-7-9-24-10-8-19/h12-14H,1-11H2. The van der Waals surface area contributed by atoms with Crippen LogP contribution in [0.5, 0.6) is 0 Å². The van der Waals surface area contributed by atoms with Crippen LogP contribution in [0.4, 0.5) is 0 Å². The van der Waals surface area contributed by atoms with E-state index >= 15 is 0 Å². The highest BCUT2D eigenvalue weighted by atomic mass is 16.5. The molecule has 8 heteroatoms. The van der Waals surface area contributed by atoms with E-state index in [4.69, 9.17) is 4.74 Å². The summed E-state index contributed by atoms with van der Waals surface area (Å²) in [4.78, 5) is 32.6. The third-order valence-corrected chi connectivity index (χ3v) is 4.69. The summed E-state index contributed by atoms with van der Waals surface area (Å²) in [6, 6.07) is 0. The third kappa shape index (κ3) is 4.31. The van der Waals surface area contributed by atoms with E-state index in [9.17, 15) is 9.59 Å². The van der Waals surface area contributed by atoms with Gasteiger partial charge in [-0.2, -0.15) is 5.10 Å². The fraction of sp³-hybridized carbons (Fsp3) is 0.750. The SMILES string of the molecule is O=C(CCCn1cncn1)N1CCCC(C(=O)N2CCOCC2)C1. The number of hydrogen-bond acceptors (Lipinski definition) is 5. The van der Waals surface area contributed by atoms with E-state index in [1.165, 1.54) is 6.33 Å². The minimum atomic E-state index is -0.0592. The topological polar surface area (TPSA) is 80.6 Å². The number of morpholine rings is 1. The summed E-state index contributed by atoms with van der Waals surface area (Å²) in [6.45, 7) is 4.57. The fourth-order valence-electron chi connectivity index (χ4n) is 3.35. The van der Waals surface area contributed by atoms with Crippen LogP contribution in [-0.4, -0.2) is 75.8 Å². The third-order valence-electron chi connectivity index (χ3n) is 4.69. The predicted octanol–water partition coefficient (Wildman–Crippen LogP) is 0.156. The Hall–Kier alpha value is -1.96. The molecule has 2 aliphatic heterocycles. The van der Waals surface area contributed by atoms with Crippen LogP contribution >= 0.6 is 0 Å². The molecule has 1 aromatic heterocycles. The highest BCUT2D eigenvalue weighted by Crippen LogP contribution is 2.20. The van der Waals surface area contributed by atoms with E-state index in [-0.39, 0.29) is 17.7 Å². The van der Waals surface area contributed by atoms with Crippen LogP contribution in [0, 0.1) is 5.92 Å². The van der Waals surface area contributed by atoms with Gasteiger partial charge in [0.2, 0.25) is 11.8 Å². The molecule has 132 valence electrons. The summed E-state index contributed by atoms with van der Waals surface area (Å²) >= 11 is 0. The number of likely N-dealkylation sites (tertiary alicyclic amines) is 1. The summed E-state index contributed by atoms with van der Waals surface area (Å²) in [7, 11) is 0. The molecule has 1 unspecified atom stereocenters. The van der Waals surface area contributed by atoms with Crippen LogP contribution in [0.1, 0.15) is 25.7 Å². The lowest BCUT2D eigenvalue weighted by Crippen LogP contribution is -2.49. The normalized spacial score (nSPS) is 21.8. The van der Waals surface area contributed by atoms with Gasteiger partial charge in [0, 0.05) is 39.1 Å². The van der Waals surface area contributed by atoms with E-state index in [2.05, 4.69) is 10.1 Å². The van der Waals surface area contributed by atoms with Crippen molar-refractivity contribution in [3.05, 3.63) is 12.7 Å². The lowest BCUT2D eigenvalue weighted by atomic mass is 9.96. The van der Waals surface area contributed by atoms with Crippen LogP contribution in [0.15, 0.2) is 12.7 Å². The van der Waals surface area contributed by atoms with Crippen molar-refractivity contribution >= 4 is 11.8 Å². The number of hydrogen-bond donors (Lipinski definition) is 0. The van der Waals surface area contributed by atoms with Gasteiger partial charge in [0.15, 0.2) is 0 Å². The highest BCUT2D eigenvalue weighted by Gasteiger charge is 2.31. The van der Waals surface area contributed by atoms with Gasteiger partial charge < -0.3 is 14.5 Å². The second kappa shape index (κ2) is 8.23. The first kappa shape index (κ1) is 16.9. The molecule has 1 atom stereocenters. The molecule has 0 saturated carbocycles. The average Bonchev–Trinajstić information content (AvgIpc) is 3.15. The maximum absolute atomic E-state index is 12.6. The van der Waals surface area contributed by atoms with Crippen LogP contribution in [0.25, 0.3) is 0 Å². The van der Waals surface area contributed by atoms with Crippen molar-refractivity contribution in [2.45, 2.75) is 32.2 Å². The molecule has 24 heavy (non-hydrogen) atoms. The Bertz CT molecular complexity index is 542. The Morgan fingerprint density at radius 2 is 2.00 bits per heavy atom. The van der Waals surface area contributed by atoms with Crippen LogP contribution in [0.3, 0.4) is 0 Å².